The molecule has 0 spiro atoms. The van der Waals surface area contributed by atoms with Crippen LogP contribution in [0.5, 0.6) is 0 Å². The summed E-state index contributed by atoms with van der Waals surface area (Å²) in [5.41, 5.74) is 3.10. The van der Waals surface area contributed by atoms with Crippen LogP contribution >= 0.6 is 0 Å². The van der Waals surface area contributed by atoms with Crippen molar-refractivity contribution in [3.05, 3.63) is 64.2 Å². The van der Waals surface area contributed by atoms with Gasteiger partial charge in [-0.3, -0.25) is 4.79 Å². The lowest BCUT2D eigenvalue weighted by atomic mass is 9.97. The highest BCUT2D eigenvalue weighted by Gasteiger charge is 2.32. The lowest BCUT2D eigenvalue weighted by Gasteiger charge is -2.32. The Hall–Kier alpha value is -5.08. The fourth-order valence-electron chi connectivity index (χ4n) is 4.42. The molecule has 2 aromatic carbocycles. The Morgan fingerprint density at radius 3 is 2.36 bits per heavy atom. The Bertz CT molecular complexity index is 1410. The Balaban J connectivity index is 1.69. The fraction of sp³-hybridized carbons (Fsp3) is 0.448. The number of carboxylic acid groups (broad SMARTS) is 1. The van der Waals surface area contributed by atoms with Crippen LogP contribution in [-0.2, 0) is 37.2 Å². The number of ether oxygens (including phenoxy) is 2. The summed E-state index contributed by atoms with van der Waals surface area (Å²) in [7, 11) is 0. The van der Waals surface area contributed by atoms with Crippen LogP contribution in [0.15, 0.2) is 48.5 Å². The Labute approximate surface area is 253 Å². The number of hydrogen-bond donors (Lipinski definition) is 1. The fourth-order valence-corrected chi connectivity index (χ4v) is 4.42. The minimum atomic E-state index is -1.03. The third-order valence-corrected chi connectivity index (χ3v) is 6.53. The number of amides is 1. The molecule has 1 heterocycles. The number of carboxylic acids is 1. The van der Waals surface area contributed by atoms with Gasteiger partial charge in [-0.15, -0.1) is 25.1 Å². The molecule has 3 aromatic rings. The van der Waals surface area contributed by atoms with Gasteiger partial charge in [0.15, 0.2) is 0 Å². The first-order valence-electron chi connectivity index (χ1n) is 14.2. The van der Waals surface area contributed by atoms with Crippen LogP contribution < -0.4 is 0 Å². The van der Waals surface area contributed by atoms with E-state index in [9.17, 15) is 29.6 Å². The molecule has 1 amide bonds. The van der Waals surface area contributed by atoms with Crippen LogP contribution in [0.1, 0.15) is 52.0 Å². The van der Waals surface area contributed by atoms with Crippen LogP contribution in [0.4, 0.5) is 4.79 Å². The van der Waals surface area contributed by atoms with Crippen molar-refractivity contribution in [1.82, 2.24) is 25.1 Å². The van der Waals surface area contributed by atoms with Gasteiger partial charge in [-0.25, -0.2) is 9.59 Å². The van der Waals surface area contributed by atoms with E-state index >= 15 is 0 Å². The van der Waals surface area contributed by atoms with Crippen LogP contribution in [0.2, 0.25) is 0 Å². The SMILES string of the molecule is CCCCC(=O)N(Cc1ccc(-c2ccccc2-c2nnn(COC(=O)OCCCO[N+](=O)[O-])n2)cc1)C(C(=O)O)C(C)C. The lowest BCUT2D eigenvalue weighted by Crippen LogP contribution is -2.47. The Kier molecular flexibility index (Phi) is 12.6. The number of benzene rings is 2. The zero-order valence-corrected chi connectivity index (χ0v) is 24.8. The minimum Gasteiger partial charge on any atom is -0.480 e. The smallest absolute Gasteiger partial charge is 0.480 e. The zero-order valence-electron chi connectivity index (χ0n) is 24.8. The molecule has 44 heavy (non-hydrogen) atoms. The summed E-state index contributed by atoms with van der Waals surface area (Å²) < 4.78 is 9.76. The molecule has 0 radical (unpaired) electrons. The first kappa shape index (κ1) is 33.4. The monoisotopic (exact) mass is 612 g/mol. The molecule has 236 valence electrons. The number of aliphatic carboxylic acids is 1. The summed E-state index contributed by atoms with van der Waals surface area (Å²) in [6.45, 7) is 5.04. The van der Waals surface area contributed by atoms with Crippen LogP contribution in [0, 0.1) is 16.0 Å². The molecule has 0 aliphatic heterocycles. The summed E-state index contributed by atoms with van der Waals surface area (Å²) in [6.07, 6.45) is 0.934. The van der Waals surface area contributed by atoms with E-state index in [4.69, 9.17) is 9.47 Å². The second-order valence-electron chi connectivity index (χ2n) is 10.2. The number of hydrogen-bond acceptors (Lipinski definition) is 11. The zero-order chi connectivity index (χ0) is 32.1. The molecule has 1 unspecified atom stereocenters. The second-order valence-corrected chi connectivity index (χ2v) is 10.2. The molecular formula is C29H36N6O9. The molecule has 1 atom stereocenters. The second kappa shape index (κ2) is 16.5. The van der Waals surface area contributed by atoms with Gasteiger partial charge >= 0.3 is 12.1 Å². The third kappa shape index (κ3) is 9.74. The molecule has 1 aromatic heterocycles. The lowest BCUT2D eigenvalue weighted by molar-refractivity contribution is -0.757. The number of nitrogens with zero attached hydrogens (tertiary/aromatic N) is 6. The van der Waals surface area contributed by atoms with Crippen LogP contribution in [0.3, 0.4) is 0 Å². The van der Waals surface area contributed by atoms with Gasteiger partial charge in [-0.1, -0.05) is 75.7 Å². The van der Waals surface area contributed by atoms with Gasteiger partial charge in [0, 0.05) is 24.9 Å². The van der Waals surface area contributed by atoms with E-state index in [2.05, 4.69) is 20.2 Å². The number of unbranched alkanes of at least 4 members (excludes halogenated alkanes) is 1. The van der Waals surface area contributed by atoms with Gasteiger partial charge in [0.1, 0.15) is 6.04 Å². The summed E-state index contributed by atoms with van der Waals surface area (Å²) in [5, 5.41) is 31.3. The predicted molar refractivity (Wildman–Crippen MR) is 155 cm³/mol. The van der Waals surface area contributed by atoms with E-state index in [1.807, 2.05) is 55.5 Å². The highest BCUT2D eigenvalue weighted by Crippen LogP contribution is 2.30. The molecule has 1 N–H and O–H groups in total. The first-order valence-corrected chi connectivity index (χ1v) is 14.2. The van der Waals surface area contributed by atoms with E-state index in [0.29, 0.717) is 18.4 Å². The summed E-state index contributed by atoms with van der Waals surface area (Å²) in [4.78, 5) is 53.6. The van der Waals surface area contributed by atoms with Crippen molar-refractivity contribution in [2.75, 3.05) is 13.2 Å². The van der Waals surface area contributed by atoms with E-state index in [0.717, 1.165) is 27.9 Å². The van der Waals surface area contributed by atoms with Crippen molar-refractivity contribution in [2.45, 2.75) is 65.8 Å². The van der Waals surface area contributed by atoms with E-state index in [-0.39, 0.29) is 50.6 Å². The molecule has 0 bridgehead atoms. The topological polar surface area (TPSA) is 189 Å². The number of tetrazole rings is 1. The summed E-state index contributed by atoms with van der Waals surface area (Å²) >= 11 is 0. The standard InChI is InChI=1S/C29H36N6O9/c1-4-5-11-25(36)33(26(20(2)3)28(37)38)18-21-12-14-22(15-13-21)23-9-6-7-10-24(23)27-30-32-34(31-27)19-43-29(39)42-16-8-17-44-35(40)41/h6-7,9-10,12-15,20,26H,4-5,8,11,16-19H2,1-3H3,(H,37,38). The van der Waals surface area contributed by atoms with Gasteiger partial charge in [-0.2, -0.15) is 0 Å². The van der Waals surface area contributed by atoms with Crippen LogP contribution in [0.25, 0.3) is 22.5 Å². The van der Waals surface area contributed by atoms with Crippen molar-refractivity contribution in [3.8, 4) is 22.5 Å². The van der Waals surface area contributed by atoms with Crippen LogP contribution in [-0.4, -0.2) is 72.6 Å². The minimum absolute atomic E-state index is 0.121. The molecule has 0 fully saturated rings. The van der Waals surface area contributed by atoms with Gasteiger partial charge in [-0.05, 0) is 34.2 Å². The first-order chi connectivity index (χ1) is 21.1. The molecule has 15 nitrogen and oxygen atoms in total. The van der Waals surface area contributed by atoms with Gasteiger partial charge < -0.3 is 24.3 Å². The maximum absolute atomic E-state index is 13.0. The average molecular weight is 613 g/mol. The quantitative estimate of drug-likeness (QED) is 0.0983. The average Bonchev–Trinajstić information content (AvgIpc) is 3.47. The Morgan fingerprint density at radius 2 is 1.73 bits per heavy atom. The third-order valence-electron chi connectivity index (χ3n) is 6.53. The van der Waals surface area contributed by atoms with E-state index in [1.165, 1.54) is 4.90 Å². The Morgan fingerprint density at radius 1 is 1.02 bits per heavy atom. The molecule has 0 saturated carbocycles. The van der Waals surface area contributed by atoms with E-state index < -0.39 is 23.3 Å². The van der Waals surface area contributed by atoms with Crippen molar-refractivity contribution < 1.29 is 38.9 Å². The number of carbonyl (C=O) groups excluding carboxylic acids is 2. The van der Waals surface area contributed by atoms with Crippen molar-refractivity contribution in [1.29, 1.82) is 0 Å². The number of rotatable bonds is 17. The van der Waals surface area contributed by atoms with Crippen molar-refractivity contribution >= 4 is 18.0 Å². The van der Waals surface area contributed by atoms with Crippen molar-refractivity contribution in [3.63, 3.8) is 0 Å². The molecule has 0 saturated heterocycles. The molecule has 15 heteroatoms. The normalized spacial score (nSPS) is 11.5. The van der Waals surface area contributed by atoms with Gasteiger partial charge in [0.2, 0.25) is 18.5 Å². The maximum Gasteiger partial charge on any atom is 0.510 e. The maximum atomic E-state index is 13.0. The van der Waals surface area contributed by atoms with E-state index in [1.54, 1.807) is 13.8 Å². The molecule has 0 aliphatic rings. The number of aromatic nitrogens is 4. The molecule has 0 aliphatic carbocycles. The summed E-state index contributed by atoms with van der Waals surface area (Å²) in [5.74, 6) is -1.19. The highest BCUT2D eigenvalue weighted by molar-refractivity contribution is 5.84. The highest BCUT2D eigenvalue weighted by atomic mass is 16.9. The summed E-state index contributed by atoms with van der Waals surface area (Å²) in [6, 6.07) is 13.9. The van der Waals surface area contributed by atoms with Gasteiger partial charge in [0.05, 0.1) is 13.2 Å². The molecule has 3 rings (SSSR count). The largest absolute Gasteiger partial charge is 0.510 e. The van der Waals surface area contributed by atoms with Gasteiger partial charge in [0.25, 0.3) is 5.09 Å². The molecular weight excluding hydrogens is 576 g/mol. The predicted octanol–water partition coefficient (Wildman–Crippen LogP) is 4.34. The number of carbonyl (C=O) groups is 3. The van der Waals surface area contributed by atoms with Crippen molar-refractivity contribution in [2.24, 2.45) is 5.92 Å².